The van der Waals surface area contributed by atoms with Crippen LogP contribution in [0.25, 0.3) is 0 Å². The molecule has 0 spiro atoms. The Labute approximate surface area is 159 Å². The van der Waals surface area contributed by atoms with Crippen molar-refractivity contribution >= 4 is 39.7 Å². The van der Waals surface area contributed by atoms with Gasteiger partial charge in [0.25, 0.3) is 0 Å². The fourth-order valence-corrected chi connectivity index (χ4v) is 3.54. The molecule has 2 amide bonds. The van der Waals surface area contributed by atoms with Crippen LogP contribution in [0.4, 0.5) is 4.79 Å². The van der Waals surface area contributed by atoms with Crippen LogP contribution in [0.1, 0.15) is 19.4 Å². The number of nitrogens with zero attached hydrogens (tertiary/aromatic N) is 4. The predicted molar refractivity (Wildman–Crippen MR) is 99.1 cm³/mol. The molecule has 0 bridgehead atoms. The normalized spacial score (nSPS) is 21.1. The number of amides is 2. The number of benzene rings is 1. The SMILES string of the molecule is CC1OC(=NOC(=O)N(C)SSc2ccc(C#N)cc2)C(=O)N(C)C1C. The van der Waals surface area contributed by atoms with E-state index in [9.17, 15) is 9.59 Å². The number of hydrogen-bond donors (Lipinski definition) is 0. The van der Waals surface area contributed by atoms with Crippen molar-refractivity contribution in [3.8, 4) is 6.07 Å². The first-order valence-corrected chi connectivity index (χ1v) is 9.75. The molecular weight excluding hydrogens is 376 g/mol. The smallest absolute Gasteiger partial charge is 0.446 e. The van der Waals surface area contributed by atoms with Gasteiger partial charge >= 0.3 is 17.9 Å². The number of rotatable bonds is 4. The summed E-state index contributed by atoms with van der Waals surface area (Å²) >= 11 is 0. The molecule has 1 aromatic carbocycles. The van der Waals surface area contributed by atoms with Gasteiger partial charge in [0.05, 0.1) is 17.7 Å². The topological polar surface area (TPSA) is 95.2 Å². The molecular formula is C16H18N4O4S2. The average Bonchev–Trinajstić information content (AvgIpc) is 2.66. The van der Waals surface area contributed by atoms with E-state index in [2.05, 4.69) is 5.16 Å². The molecule has 1 saturated heterocycles. The van der Waals surface area contributed by atoms with Gasteiger partial charge in [0.15, 0.2) is 0 Å². The van der Waals surface area contributed by atoms with Gasteiger partial charge in [-0.25, -0.2) is 9.10 Å². The zero-order valence-corrected chi connectivity index (χ0v) is 16.3. The molecule has 1 aliphatic heterocycles. The van der Waals surface area contributed by atoms with E-state index in [0.717, 1.165) is 15.9 Å². The lowest BCUT2D eigenvalue weighted by molar-refractivity contribution is -0.132. The van der Waals surface area contributed by atoms with Gasteiger partial charge in [-0.1, -0.05) is 0 Å². The Balaban J connectivity index is 1.88. The van der Waals surface area contributed by atoms with Crippen molar-refractivity contribution in [2.24, 2.45) is 5.16 Å². The molecule has 0 saturated carbocycles. The summed E-state index contributed by atoms with van der Waals surface area (Å²) in [4.78, 5) is 31.2. The molecule has 2 rings (SSSR count). The molecule has 10 heteroatoms. The van der Waals surface area contributed by atoms with E-state index in [4.69, 9.17) is 14.8 Å². The molecule has 0 aliphatic carbocycles. The summed E-state index contributed by atoms with van der Waals surface area (Å²) in [6.07, 6.45) is -0.997. The van der Waals surface area contributed by atoms with Crippen LogP contribution in [0.3, 0.4) is 0 Å². The Hall–Kier alpha value is -2.38. The lowest BCUT2D eigenvalue weighted by Crippen LogP contribution is -2.52. The van der Waals surface area contributed by atoms with Crippen LogP contribution in [0.5, 0.6) is 0 Å². The Kier molecular flexibility index (Phi) is 6.76. The lowest BCUT2D eigenvalue weighted by atomic mass is 10.1. The Morgan fingerprint density at radius 2 is 2.04 bits per heavy atom. The Morgan fingerprint density at radius 1 is 1.38 bits per heavy atom. The van der Waals surface area contributed by atoms with E-state index in [-0.39, 0.29) is 18.0 Å². The van der Waals surface area contributed by atoms with Crippen molar-refractivity contribution in [1.82, 2.24) is 9.21 Å². The van der Waals surface area contributed by atoms with Gasteiger partial charge in [0.2, 0.25) is 0 Å². The summed E-state index contributed by atoms with van der Waals surface area (Å²) in [6.45, 7) is 3.66. The summed E-state index contributed by atoms with van der Waals surface area (Å²) in [5.74, 6) is -0.685. The van der Waals surface area contributed by atoms with Crippen LogP contribution in [-0.2, 0) is 14.4 Å². The van der Waals surface area contributed by atoms with E-state index in [1.807, 2.05) is 13.0 Å². The second-order valence-electron chi connectivity index (χ2n) is 5.52. The number of likely N-dealkylation sites (N-methyl/N-ethyl adjacent to an activating group) is 1. The third kappa shape index (κ3) is 4.83. The van der Waals surface area contributed by atoms with Crippen LogP contribution in [0, 0.1) is 11.3 Å². The van der Waals surface area contributed by atoms with Gasteiger partial charge in [-0.3, -0.25) is 9.63 Å². The van der Waals surface area contributed by atoms with Gasteiger partial charge in [0, 0.05) is 30.0 Å². The van der Waals surface area contributed by atoms with E-state index in [1.165, 1.54) is 27.0 Å². The molecule has 1 fully saturated rings. The van der Waals surface area contributed by atoms with Crippen LogP contribution < -0.4 is 0 Å². The lowest BCUT2D eigenvalue weighted by Gasteiger charge is -2.34. The summed E-state index contributed by atoms with van der Waals surface area (Å²) in [5, 5.41) is 12.3. The molecule has 1 aromatic rings. The molecule has 2 atom stereocenters. The minimum atomic E-state index is -0.742. The minimum Gasteiger partial charge on any atom is -0.466 e. The fourth-order valence-electron chi connectivity index (χ4n) is 1.89. The number of carbonyl (C=O) groups excluding carboxylic acids is 2. The number of oxime groups is 1. The third-order valence-corrected chi connectivity index (χ3v) is 6.17. The second-order valence-corrected chi connectivity index (χ2v) is 7.81. The predicted octanol–water partition coefficient (Wildman–Crippen LogP) is 2.86. The first kappa shape index (κ1) is 19.9. The summed E-state index contributed by atoms with van der Waals surface area (Å²) in [6, 6.07) is 8.89. The average molecular weight is 394 g/mol. The van der Waals surface area contributed by atoms with Crippen LogP contribution in [-0.4, -0.2) is 53.3 Å². The standard InChI is InChI=1S/C16H18N4O4S2/c1-10-11(2)23-14(15(21)19(10)3)18-24-16(22)20(4)26-25-13-7-5-12(9-17)6-8-13/h5-8,10-11H,1-4H3. The maximum Gasteiger partial charge on any atom is 0.446 e. The number of hydrogen-bond acceptors (Lipinski definition) is 8. The molecule has 0 aromatic heterocycles. The van der Waals surface area contributed by atoms with Gasteiger partial charge in [-0.15, -0.1) is 0 Å². The number of nitriles is 1. The first-order valence-electron chi connectivity index (χ1n) is 7.64. The molecule has 26 heavy (non-hydrogen) atoms. The van der Waals surface area contributed by atoms with E-state index in [1.54, 1.807) is 38.2 Å². The van der Waals surface area contributed by atoms with Crippen LogP contribution >= 0.6 is 21.8 Å². The van der Waals surface area contributed by atoms with Crippen LogP contribution in [0.15, 0.2) is 34.3 Å². The van der Waals surface area contributed by atoms with Gasteiger partial charge in [-0.2, -0.15) is 5.26 Å². The van der Waals surface area contributed by atoms with Gasteiger partial charge < -0.3 is 9.64 Å². The van der Waals surface area contributed by atoms with Crippen molar-refractivity contribution in [2.75, 3.05) is 14.1 Å². The number of ether oxygens (including phenoxy) is 1. The molecule has 2 unspecified atom stereocenters. The first-order chi connectivity index (χ1) is 12.3. The summed E-state index contributed by atoms with van der Waals surface area (Å²) < 4.78 is 6.62. The molecule has 138 valence electrons. The van der Waals surface area contributed by atoms with Crippen molar-refractivity contribution in [3.63, 3.8) is 0 Å². The quantitative estimate of drug-likeness (QED) is 0.335. The highest BCUT2D eigenvalue weighted by atomic mass is 33.1. The summed E-state index contributed by atoms with van der Waals surface area (Å²) in [7, 11) is 5.60. The molecule has 1 heterocycles. The fraction of sp³-hybridized carbons (Fsp3) is 0.375. The zero-order chi connectivity index (χ0) is 19.3. The van der Waals surface area contributed by atoms with E-state index < -0.39 is 12.0 Å². The molecule has 0 N–H and O–H groups in total. The summed E-state index contributed by atoms with van der Waals surface area (Å²) in [5.41, 5.74) is 0.564. The van der Waals surface area contributed by atoms with Gasteiger partial charge in [-0.05, 0) is 54.1 Å². The van der Waals surface area contributed by atoms with Crippen molar-refractivity contribution in [2.45, 2.75) is 30.9 Å². The van der Waals surface area contributed by atoms with Crippen molar-refractivity contribution in [3.05, 3.63) is 29.8 Å². The van der Waals surface area contributed by atoms with E-state index in [0.29, 0.717) is 5.56 Å². The Bertz CT molecular complexity index is 748. The van der Waals surface area contributed by atoms with Crippen LogP contribution in [0.2, 0.25) is 0 Å². The monoisotopic (exact) mass is 394 g/mol. The molecule has 8 nitrogen and oxygen atoms in total. The van der Waals surface area contributed by atoms with Crippen molar-refractivity contribution in [1.29, 1.82) is 5.26 Å². The highest BCUT2D eigenvalue weighted by Crippen LogP contribution is 2.33. The molecule has 0 radical (unpaired) electrons. The van der Waals surface area contributed by atoms with E-state index >= 15 is 0 Å². The maximum atomic E-state index is 12.1. The number of morpholine rings is 1. The Morgan fingerprint density at radius 3 is 2.65 bits per heavy atom. The third-order valence-electron chi connectivity index (χ3n) is 3.78. The molecule has 1 aliphatic rings. The highest BCUT2D eigenvalue weighted by Gasteiger charge is 2.35. The largest absolute Gasteiger partial charge is 0.466 e. The maximum absolute atomic E-state index is 12.1. The minimum absolute atomic E-state index is 0.0980. The number of carbonyl (C=O) groups is 2. The zero-order valence-electron chi connectivity index (χ0n) is 14.7. The highest BCUT2D eigenvalue weighted by molar-refractivity contribution is 8.75. The van der Waals surface area contributed by atoms with Crippen molar-refractivity contribution < 1.29 is 19.2 Å². The van der Waals surface area contributed by atoms with Gasteiger partial charge in [0.1, 0.15) is 6.10 Å². The second kappa shape index (κ2) is 8.82.